The number of hydrogen-bond acceptors (Lipinski definition) is 5. The molecule has 178 valence electrons. The largest absolute Gasteiger partial charge is 0.324 e. The van der Waals surface area contributed by atoms with Crippen LogP contribution in [0.3, 0.4) is 0 Å². The summed E-state index contributed by atoms with van der Waals surface area (Å²) in [7, 11) is -3.61. The lowest BCUT2D eigenvalue weighted by atomic mass is 9.85. The lowest BCUT2D eigenvalue weighted by Gasteiger charge is -2.34. The van der Waals surface area contributed by atoms with E-state index in [9.17, 15) is 22.8 Å². The molecule has 0 saturated carbocycles. The van der Waals surface area contributed by atoms with Crippen molar-refractivity contribution < 1.29 is 22.8 Å². The van der Waals surface area contributed by atoms with Gasteiger partial charge in [0.1, 0.15) is 6.04 Å². The first-order valence-electron chi connectivity index (χ1n) is 11.5. The van der Waals surface area contributed by atoms with Crippen LogP contribution in [-0.4, -0.2) is 54.5 Å². The summed E-state index contributed by atoms with van der Waals surface area (Å²) >= 11 is 0. The molecule has 0 aromatic heterocycles. The first kappa shape index (κ1) is 23.6. The number of sulfonamides is 1. The highest BCUT2D eigenvalue weighted by Crippen LogP contribution is 2.36. The molecule has 2 fully saturated rings. The molecule has 5 unspecified atom stereocenters. The number of amides is 3. The van der Waals surface area contributed by atoms with Crippen LogP contribution in [0.1, 0.15) is 40.0 Å². The second kappa shape index (κ2) is 9.02. The van der Waals surface area contributed by atoms with Gasteiger partial charge in [0.25, 0.3) is 0 Å². The van der Waals surface area contributed by atoms with Gasteiger partial charge in [0.05, 0.1) is 16.7 Å². The van der Waals surface area contributed by atoms with Crippen LogP contribution in [-0.2, 0) is 24.4 Å². The predicted octanol–water partition coefficient (Wildman–Crippen LogP) is 2.63. The number of piperidine rings is 1. The lowest BCUT2D eigenvalue weighted by Crippen LogP contribution is -2.46. The molecule has 4 rings (SSSR count). The van der Waals surface area contributed by atoms with Crippen LogP contribution >= 0.6 is 0 Å². The number of allylic oxidation sites excluding steroid dienone is 2. The summed E-state index contributed by atoms with van der Waals surface area (Å²) in [5.41, 5.74) is 0.407. The molecular weight excluding hydrogens is 442 g/mol. The maximum absolute atomic E-state index is 13.0. The van der Waals surface area contributed by atoms with Gasteiger partial charge in [-0.05, 0) is 62.3 Å². The van der Waals surface area contributed by atoms with Crippen molar-refractivity contribution in [3.05, 3.63) is 36.4 Å². The van der Waals surface area contributed by atoms with Crippen LogP contribution < -0.4 is 5.32 Å². The molecule has 33 heavy (non-hydrogen) atoms. The molecule has 3 amide bonds. The Morgan fingerprint density at radius 2 is 1.48 bits per heavy atom. The van der Waals surface area contributed by atoms with Crippen molar-refractivity contribution in [3.63, 3.8) is 0 Å². The molecule has 0 spiro atoms. The Balaban J connectivity index is 1.43. The molecule has 8 nitrogen and oxygen atoms in total. The average molecular weight is 474 g/mol. The Labute approximate surface area is 195 Å². The van der Waals surface area contributed by atoms with E-state index in [0.717, 1.165) is 11.3 Å². The van der Waals surface area contributed by atoms with Gasteiger partial charge in [0.2, 0.25) is 27.7 Å². The fraction of sp³-hybridized carbons (Fsp3) is 0.542. The number of likely N-dealkylation sites (tertiary alicyclic amines) is 1. The van der Waals surface area contributed by atoms with Gasteiger partial charge in [-0.15, -0.1) is 0 Å². The zero-order valence-corrected chi connectivity index (χ0v) is 20.0. The number of rotatable bonds is 5. The monoisotopic (exact) mass is 473 g/mol. The van der Waals surface area contributed by atoms with Gasteiger partial charge in [-0.2, -0.15) is 4.31 Å². The Bertz CT molecular complexity index is 1050. The van der Waals surface area contributed by atoms with Crippen LogP contribution in [0, 0.1) is 23.7 Å². The predicted molar refractivity (Wildman–Crippen MR) is 123 cm³/mol. The summed E-state index contributed by atoms with van der Waals surface area (Å²) < 4.78 is 27.6. The molecule has 2 saturated heterocycles. The molecule has 9 heteroatoms. The number of carbonyl (C=O) groups is 3. The highest BCUT2D eigenvalue weighted by Gasteiger charge is 2.50. The van der Waals surface area contributed by atoms with Crippen molar-refractivity contribution in [2.75, 3.05) is 18.4 Å². The number of nitrogens with zero attached hydrogens (tertiary/aromatic N) is 2. The van der Waals surface area contributed by atoms with E-state index >= 15 is 0 Å². The van der Waals surface area contributed by atoms with Gasteiger partial charge >= 0.3 is 0 Å². The van der Waals surface area contributed by atoms with Gasteiger partial charge in [-0.25, -0.2) is 8.42 Å². The fourth-order valence-corrected chi connectivity index (χ4v) is 6.91. The van der Waals surface area contributed by atoms with Crippen LogP contribution in [0.4, 0.5) is 5.69 Å². The first-order chi connectivity index (χ1) is 15.6. The summed E-state index contributed by atoms with van der Waals surface area (Å²) in [6, 6.07) is 5.07. The van der Waals surface area contributed by atoms with Crippen molar-refractivity contribution in [1.29, 1.82) is 0 Å². The summed E-state index contributed by atoms with van der Waals surface area (Å²) in [5.74, 6) is -1.26. The number of nitrogens with one attached hydrogen (secondary N) is 1. The van der Waals surface area contributed by atoms with E-state index in [4.69, 9.17) is 0 Å². The Kier molecular flexibility index (Phi) is 6.46. The van der Waals surface area contributed by atoms with Crippen molar-refractivity contribution in [1.82, 2.24) is 9.21 Å². The van der Waals surface area contributed by atoms with E-state index in [-0.39, 0.29) is 28.5 Å². The smallest absolute Gasteiger partial charge is 0.247 e. The standard InChI is InChI=1S/C24H31N3O5S/c1-15-12-16(2)14-26(13-15)33(31,32)19-10-8-18(9-11-19)25-22(28)17(3)27-23(29)20-6-4-5-7-21(20)24(27)30/h4-5,8-11,15-17,20-21H,6-7,12-14H2,1-3H3,(H,25,28). The summed E-state index contributed by atoms with van der Waals surface area (Å²) in [5, 5.41) is 2.70. The van der Waals surface area contributed by atoms with E-state index in [2.05, 4.69) is 19.2 Å². The van der Waals surface area contributed by atoms with Crippen LogP contribution in [0.25, 0.3) is 0 Å². The van der Waals surface area contributed by atoms with E-state index in [1.807, 2.05) is 12.2 Å². The second-order valence-corrected chi connectivity index (χ2v) is 11.6. The third-order valence-corrected chi connectivity index (χ3v) is 8.75. The summed E-state index contributed by atoms with van der Waals surface area (Å²) in [6.07, 6.45) is 5.85. The average Bonchev–Trinajstić information content (AvgIpc) is 3.03. The number of fused-ring (bicyclic) bond motifs is 1. The lowest BCUT2D eigenvalue weighted by molar-refractivity contribution is -0.146. The number of hydrogen-bond donors (Lipinski definition) is 1. The van der Waals surface area contributed by atoms with Gasteiger partial charge in [0.15, 0.2) is 0 Å². The minimum Gasteiger partial charge on any atom is -0.324 e. The minimum atomic E-state index is -3.61. The number of benzene rings is 1. The van der Waals surface area contributed by atoms with Crippen molar-refractivity contribution in [3.8, 4) is 0 Å². The Morgan fingerprint density at radius 3 is 2.00 bits per heavy atom. The van der Waals surface area contributed by atoms with E-state index in [1.54, 1.807) is 0 Å². The van der Waals surface area contributed by atoms with E-state index < -0.39 is 22.0 Å². The molecule has 2 aliphatic heterocycles. The summed E-state index contributed by atoms with van der Waals surface area (Å²) in [6.45, 7) is 6.64. The van der Waals surface area contributed by atoms with Crippen LogP contribution in [0.15, 0.2) is 41.3 Å². The van der Waals surface area contributed by atoms with Crippen LogP contribution in [0.5, 0.6) is 0 Å². The fourth-order valence-electron chi connectivity index (χ4n) is 5.23. The van der Waals surface area contributed by atoms with Crippen molar-refractivity contribution >= 4 is 33.4 Å². The van der Waals surface area contributed by atoms with Crippen LogP contribution in [0.2, 0.25) is 0 Å². The molecule has 5 atom stereocenters. The minimum absolute atomic E-state index is 0.177. The number of imide groups is 1. The highest BCUT2D eigenvalue weighted by molar-refractivity contribution is 7.89. The molecule has 0 bridgehead atoms. The van der Waals surface area contributed by atoms with E-state index in [0.29, 0.717) is 43.5 Å². The molecule has 2 heterocycles. The number of anilines is 1. The normalized spacial score (nSPS) is 29.1. The number of carbonyl (C=O) groups excluding carboxylic acids is 3. The van der Waals surface area contributed by atoms with Gasteiger partial charge < -0.3 is 5.32 Å². The third kappa shape index (κ3) is 4.48. The second-order valence-electron chi connectivity index (χ2n) is 9.66. The molecule has 1 aromatic carbocycles. The maximum Gasteiger partial charge on any atom is 0.247 e. The van der Waals surface area contributed by atoms with Crippen molar-refractivity contribution in [2.45, 2.75) is 51.0 Å². The molecule has 1 aliphatic carbocycles. The molecule has 3 aliphatic rings. The topological polar surface area (TPSA) is 104 Å². The third-order valence-electron chi connectivity index (χ3n) is 6.90. The quantitative estimate of drug-likeness (QED) is 0.523. The zero-order chi connectivity index (χ0) is 23.9. The highest BCUT2D eigenvalue weighted by atomic mass is 32.2. The van der Waals surface area contributed by atoms with Gasteiger partial charge in [-0.1, -0.05) is 26.0 Å². The zero-order valence-electron chi connectivity index (χ0n) is 19.2. The molecular formula is C24H31N3O5S. The SMILES string of the molecule is CC1CC(C)CN(S(=O)(=O)c2ccc(NC(=O)C(C)N3C(=O)C4CC=CCC4C3=O)cc2)C1. The molecule has 1 N–H and O–H groups in total. The molecule has 0 radical (unpaired) electrons. The van der Waals surface area contributed by atoms with Gasteiger partial charge in [0, 0.05) is 18.8 Å². The van der Waals surface area contributed by atoms with Crippen molar-refractivity contribution in [2.24, 2.45) is 23.7 Å². The Hall–Kier alpha value is -2.52. The van der Waals surface area contributed by atoms with Gasteiger partial charge in [-0.3, -0.25) is 19.3 Å². The first-order valence-corrected chi connectivity index (χ1v) is 13.0. The molecule has 1 aromatic rings. The Morgan fingerprint density at radius 1 is 0.970 bits per heavy atom. The maximum atomic E-state index is 13.0. The van der Waals surface area contributed by atoms with E-state index in [1.165, 1.54) is 35.5 Å². The summed E-state index contributed by atoms with van der Waals surface area (Å²) in [4.78, 5) is 39.5.